The normalized spacial score (nSPS) is 13.6. The highest BCUT2D eigenvalue weighted by Gasteiger charge is 2.16. The largest absolute Gasteiger partial charge is 0.478 e. The minimum atomic E-state index is -1.05. The number of aliphatic carboxylic acids is 1. The van der Waals surface area contributed by atoms with Crippen LogP contribution in [0.4, 0.5) is 4.79 Å². The number of rotatable bonds is 3. The Hall–Kier alpha value is -1.52. The van der Waals surface area contributed by atoms with Gasteiger partial charge >= 0.3 is 12.1 Å². The number of carbonyl (C=O) groups is 2. The van der Waals surface area contributed by atoms with Gasteiger partial charge in [-0.25, -0.2) is 9.59 Å². The number of nitrogens with one attached hydrogen (secondary N) is 1. The van der Waals surface area contributed by atoms with E-state index in [2.05, 4.69) is 5.32 Å². The molecule has 0 saturated heterocycles. The number of hydrogen-bond acceptors (Lipinski definition) is 3. The summed E-state index contributed by atoms with van der Waals surface area (Å²) in [6.45, 7) is 6.92. The SMILES string of the molecule is CC(/C=C/C(=O)O)NC(=O)OC(C)(C)C. The maximum absolute atomic E-state index is 11.2. The first-order valence-corrected chi connectivity index (χ1v) is 4.61. The Balaban J connectivity index is 4.02. The van der Waals surface area contributed by atoms with Crippen LogP contribution in [0.25, 0.3) is 0 Å². The van der Waals surface area contributed by atoms with Crippen LogP contribution in [0.1, 0.15) is 27.7 Å². The first kappa shape index (κ1) is 13.5. The van der Waals surface area contributed by atoms with Crippen molar-refractivity contribution in [3.05, 3.63) is 12.2 Å². The van der Waals surface area contributed by atoms with Gasteiger partial charge in [-0.05, 0) is 27.7 Å². The molecule has 5 heteroatoms. The first-order valence-electron chi connectivity index (χ1n) is 4.61. The lowest BCUT2D eigenvalue weighted by Crippen LogP contribution is -2.36. The molecule has 0 bridgehead atoms. The summed E-state index contributed by atoms with van der Waals surface area (Å²) in [5, 5.41) is 10.8. The second kappa shape index (κ2) is 5.38. The predicted octanol–water partition coefficient (Wildman–Crippen LogP) is 1.54. The molecule has 86 valence electrons. The van der Waals surface area contributed by atoms with Crippen LogP contribution < -0.4 is 5.32 Å². The zero-order chi connectivity index (χ0) is 12.1. The summed E-state index contributed by atoms with van der Waals surface area (Å²) in [5.74, 6) is -1.05. The van der Waals surface area contributed by atoms with Gasteiger partial charge in [0.1, 0.15) is 5.60 Å². The molecular formula is C10H17NO4. The van der Waals surface area contributed by atoms with Crippen LogP contribution in [0.3, 0.4) is 0 Å². The number of carboxylic acid groups (broad SMARTS) is 1. The number of amides is 1. The molecule has 0 heterocycles. The molecule has 5 nitrogen and oxygen atoms in total. The number of alkyl carbamates (subject to hydrolysis) is 1. The van der Waals surface area contributed by atoms with Crippen molar-refractivity contribution in [3.8, 4) is 0 Å². The van der Waals surface area contributed by atoms with Crippen molar-refractivity contribution in [3.63, 3.8) is 0 Å². The third-order valence-electron chi connectivity index (χ3n) is 1.27. The Morgan fingerprint density at radius 2 is 1.93 bits per heavy atom. The molecule has 15 heavy (non-hydrogen) atoms. The standard InChI is InChI=1S/C10H17NO4/c1-7(5-6-8(12)13)11-9(14)15-10(2,3)4/h5-7H,1-4H3,(H,11,14)(H,12,13)/b6-5+. The van der Waals surface area contributed by atoms with Gasteiger partial charge in [-0.15, -0.1) is 0 Å². The van der Waals surface area contributed by atoms with Gasteiger partial charge in [0.05, 0.1) is 0 Å². The number of carbonyl (C=O) groups excluding carboxylic acids is 1. The van der Waals surface area contributed by atoms with E-state index in [-0.39, 0.29) is 6.04 Å². The molecule has 0 fully saturated rings. The molecule has 0 aliphatic heterocycles. The van der Waals surface area contributed by atoms with Crippen LogP contribution in [0.5, 0.6) is 0 Å². The van der Waals surface area contributed by atoms with E-state index in [4.69, 9.17) is 9.84 Å². The Labute approximate surface area is 89.1 Å². The number of ether oxygens (including phenoxy) is 1. The molecule has 1 unspecified atom stereocenters. The fourth-order valence-corrected chi connectivity index (χ4v) is 0.768. The number of carboxylic acids is 1. The first-order chi connectivity index (χ1) is 6.70. The fraction of sp³-hybridized carbons (Fsp3) is 0.600. The van der Waals surface area contributed by atoms with E-state index in [9.17, 15) is 9.59 Å². The van der Waals surface area contributed by atoms with Crippen LogP contribution in [0.15, 0.2) is 12.2 Å². The highest BCUT2D eigenvalue weighted by molar-refractivity contribution is 5.80. The molecule has 0 aliphatic carbocycles. The second-order valence-electron chi connectivity index (χ2n) is 4.13. The average Bonchev–Trinajstić information content (AvgIpc) is 1.96. The summed E-state index contributed by atoms with van der Waals surface area (Å²) in [6, 6.07) is -0.379. The third kappa shape index (κ3) is 8.80. The zero-order valence-corrected chi connectivity index (χ0v) is 9.40. The van der Waals surface area contributed by atoms with Crippen LogP contribution in [-0.2, 0) is 9.53 Å². The number of hydrogen-bond donors (Lipinski definition) is 2. The summed E-state index contributed by atoms with van der Waals surface area (Å²) < 4.78 is 4.98. The lowest BCUT2D eigenvalue weighted by molar-refractivity contribution is -0.131. The van der Waals surface area contributed by atoms with Crippen molar-refractivity contribution in [2.75, 3.05) is 0 Å². The predicted molar refractivity (Wildman–Crippen MR) is 55.6 cm³/mol. The van der Waals surface area contributed by atoms with Gasteiger partial charge in [0, 0.05) is 12.1 Å². The van der Waals surface area contributed by atoms with E-state index >= 15 is 0 Å². The summed E-state index contributed by atoms with van der Waals surface area (Å²) in [4.78, 5) is 21.4. The van der Waals surface area contributed by atoms with Gasteiger partial charge in [0.2, 0.25) is 0 Å². The molecule has 0 rings (SSSR count). The maximum Gasteiger partial charge on any atom is 0.408 e. The second-order valence-corrected chi connectivity index (χ2v) is 4.13. The summed E-state index contributed by atoms with van der Waals surface area (Å²) in [7, 11) is 0. The smallest absolute Gasteiger partial charge is 0.408 e. The van der Waals surface area contributed by atoms with Crippen LogP contribution >= 0.6 is 0 Å². The van der Waals surface area contributed by atoms with Crippen molar-refractivity contribution >= 4 is 12.1 Å². The van der Waals surface area contributed by atoms with Gasteiger partial charge in [-0.3, -0.25) is 0 Å². The molecule has 0 aromatic carbocycles. The minimum Gasteiger partial charge on any atom is -0.478 e. The Morgan fingerprint density at radius 3 is 2.33 bits per heavy atom. The quantitative estimate of drug-likeness (QED) is 0.700. The molecule has 0 radical (unpaired) electrons. The van der Waals surface area contributed by atoms with Crippen LogP contribution in [-0.4, -0.2) is 28.8 Å². The molecule has 0 aliphatic rings. The Kier molecular flexibility index (Phi) is 4.84. The van der Waals surface area contributed by atoms with E-state index in [1.165, 1.54) is 6.08 Å². The Morgan fingerprint density at radius 1 is 1.40 bits per heavy atom. The van der Waals surface area contributed by atoms with Crippen molar-refractivity contribution in [2.24, 2.45) is 0 Å². The topological polar surface area (TPSA) is 75.6 Å². The third-order valence-corrected chi connectivity index (χ3v) is 1.27. The molecular weight excluding hydrogens is 198 g/mol. The van der Waals surface area contributed by atoms with Crippen molar-refractivity contribution in [1.82, 2.24) is 5.32 Å². The average molecular weight is 215 g/mol. The van der Waals surface area contributed by atoms with E-state index in [0.29, 0.717) is 0 Å². The highest BCUT2D eigenvalue weighted by Crippen LogP contribution is 2.06. The Bertz CT molecular complexity index is 265. The lowest BCUT2D eigenvalue weighted by Gasteiger charge is -2.20. The van der Waals surface area contributed by atoms with Gasteiger partial charge in [-0.1, -0.05) is 6.08 Å². The van der Waals surface area contributed by atoms with Gasteiger partial charge in [0.15, 0.2) is 0 Å². The highest BCUT2D eigenvalue weighted by atomic mass is 16.6. The molecule has 1 atom stereocenters. The fourth-order valence-electron chi connectivity index (χ4n) is 0.768. The van der Waals surface area contributed by atoms with E-state index in [1.807, 2.05) is 0 Å². The van der Waals surface area contributed by atoms with Gasteiger partial charge in [0.25, 0.3) is 0 Å². The zero-order valence-electron chi connectivity index (χ0n) is 9.40. The van der Waals surface area contributed by atoms with Crippen molar-refractivity contribution in [2.45, 2.75) is 39.3 Å². The van der Waals surface area contributed by atoms with E-state index in [1.54, 1.807) is 27.7 Å². The maximum atomic E-state index is 11.2. The van der Waals surface area contributed by atoms with Crippen molar-refractivity contribution in [1.29, 1.82) is 0 Å². The molecule has 2 N–H and O–H groups in total. The molecule has 1 amide bonds. The minimum absolute atomic E-state index is 0.379. The molecule has 0 aromatic heterocycles. The van der Waals surface area contributed by atoms with Gasteiger partial charge in [-0.2, -0.15) is 0 Å². The molecule has 0 spiro atoms. The molecule has 0 aromatic rings. The van der Waals surface area contributed by atoms with E-state index in [0.717, 1.165) is 6.08 Å². The van der Waals surface area contributed by atoms with Crippen molar-refractivity contribution < 1.29 is 19.4 Å². The summed E-state index contributed by atoms with van der Waals surface area (Å²) in [6.07, 6.45) is 1.78. The lowest BCUT2D eigenvalue weighted by atomic mass is 10.2. The van der Waals surface area contributed by atoms with E-state index < -0.39 is 17.7 Å². The summed E-state index contributed by atoms with van der Waals surface area (Å²) in [5.41, 5.74) is -0.555. The van der Waals surface area contributed by atoms with Gasteiger partial charge < -0.3 is 15.2 Å². The van der Waals surface area contributed by atoms with Crippen LogP contribution in [0, 0.1) is 0 Å². The molecule has 0 saturated carbocycles. The monoisotopic (exact) mass is 215 g/mol. The summed E-state index contributed by atoms with van der Waals surface area (Å²) >= 11 is 0. The van der Waals surface area contributed by atoms with Crippen LogP contribution in [0.2, 0.25) is 0 Å².